The molecule has 2 fully saturated rings. The van der Waals surface area contributed by atoms with Gasteiger partial charge in [0.2, 0.25) is 11.8 Å². The first-order valence-corrected chi connectivity index (χ1v) is 11.5. The topological polar surface area (TPSA) is 74.8 Å². The fourth-order valence-corrected chi connectivity index (χ4v) is 4.88. The summed E-state index contributed by atoms with van der Waals surface area (Å²) in [4.78, 5) is 35.2. The number of pyridine rings is 1. The van der Waals surface area contributed by atoms with Crippen molar-refractivity contribution in [2.24, 2.45) is 5.92 Å². The van der Waals surface area contributed by atoms with Gasteiger partial charge in [0.15, 0.2) is 0 Å². The number of benzene rings is 1. The van der Waals surface area contributed by atoms with Gasteiger partial charge in [0.05, 0.1) is 18.7 Å². The summed E-state index contributed by atoms with van der Waals surface area (Å²) in [7, 11) is 1.62. The van der Waals surface area contributed by atoms with Crippen LogP contribution in [0.25, 0.3) is 0 Å². The summed E-state index contributed by atoms with van der Waals surface area (Å²) in [5.74, 6) is 0.561. The Morgan fingerprint density at radius 2 is 1.91 bits per heavy atom. The molecule has 1 aromatic heterocycles. The van der Waals surface area contributed by atoms with Gasteiger partial charge in [-0.25, -0.2) is 4.98 Å². The Bertz CT molecular complexity index is 920. The highest BCUT2D eigenvalue weighted by Crippen LogP contribution is 2.31. The molecule has 0 spiro atoms. The lowest BCUT2D eigenvalue weighted by Gasteiger charge is -2.33. The minimum Gasteiger partial charge on any atom is -0.481 e. The van der Waals surface area contributed by atoms with Crippen LogP contribution in [-0.2, 0) is 11.3 Å². The smallest absolute Gasteiger partial charge is 0.254 e. The van der Waals surface area contributed by atoms with Gasteiger partial charge < -0.3 is 15.0 Å². The predicted molar refractivity (Wildman–Crippen MR) is 122 cm³/mol. The Morgan fingerprint density at radius 1 is 1.06 bits per heavy atom. The fraction of sp³-hybridized carbons (Fsp3) is 0.480. The quantitative estimate of drug-likeness (QED) is 0.798. The van der Waals surface area contributed by atoms with Crippen molar-refractivity contribution in [1.82, 2.24) is 20.1 Å². The zero-order valence-corrected chi connectivity index (χ0v) is 18.7. The van der Waals surface area contributed by atoms with E-state index in [1.54, 1.807) is 7.11 Å². The number of hydrogen-bond donors (Lipinski definition) is 1. The van der Waals surface area contributed by atoms with Crippen LogP contribution in [0.2, 0.25) is 0 Å². The van der Waals surface area contributed by atoms with Crippen LogP contribution in [0.5, 0.6) is 5.88 Å². The number of amides is 2. The third kappa shape index (κ3) is 5.27. The molecule has 2 unspecified atom stereocenters. The van der Waals surface area contributed by atoms with Gasteiger partial charge in [-0.15, -0.1) is 0 Å². The molecule has 7 heteroatoms. The van der Waals surface area contributed by atoms with Crippen molar-refractivity contribution in [3.8, 4) is 5.88 Å². The number of nitrogens with zero attached hydrogens (tertiary/aromatic N) is 3. The second kappa shape index (κ2) is 10.6. The monoisotopic (exact) mass is 436 g/mol. The zero-order chi connectivity index (χ0) is 22.3. The maximum absolute atomic E-state index is 13.4. The largest absolute Gasteiger partial charge is 0.481 e. The maximum Gasteiger partial charge on any atom is 0.254 e. The molecule has 2 aliphatic rings. The Morgan fingerprint density at radius 3 is 2.72 bits per heavy atom. The molecule has 2 heterocycles. The highest BCUT2D eigenvalue weighted by Gasteiger charge is 2.39. The van der Waals surface area contributed by atoms with E-state index in [0.717, 1.165) is 44.5 Å². The van der Waals surface area contributed by atoms with Gasteiger partial charge in [-0.2, -0.15) is 0 Å². The first-order valence-electron chi connectivity index (χ1n) is 11.5. The summed E-state index contributed by atoms with van der Waals surface area (Å²) < 4.78 is 5.25. The highest BCUT2D eigenvalue weighted by molar-refractivity contribution is 5.95. The van der Waals surface area contributed by atoms with Crippen LogP contribution in [-0.4, -0.2) is 65.9 Å². The molecule has 32 heavy (non-hydrogen) atoms. The molecular formula is C25H32N4O3. The van der Waals surface area contributed by atoms with Crippen molar-refractivity contribution >= 4 is 11.8 Å². The fourth-order valence-electron chi connectivity index (χ4n) is 4.88. The summed E-state index contributed by atoms with van der Waals surface area (Å²) in [6, 6.07) is 15.1. The number of aromatic nitrogens is 1. The summed E-state index contributed by atoms with van der Waals surface area (Å²) in [6.45, 7) is 3.48. The molecular weight excluding hydrogens is 404 g/mol. The van der Waals surface area contributed by atoms with Gasteiger partial charge in [-0.1, -0.05) is 30.7 Å². The standard InChI is InChI=1S/C25H32N4O3/c1-32-23-13-5-10-20(27-23)18-28-15-7-16-29(25(31)19-8-3-2-4-9-19)22-12-6-11-21(22)24(30)26-14-17-28/h2-5,8-10,13,21-22H,6-7,11-12,14-18H2,1H3,(H,26,30). The van der Waals surface area contributed by atoms with E-state index in [4.69, 9.17) is 4.74 Å². The molecule has 0 radical (unpaired) electrons. The summed E-state index contributed by atoms with van der Waals surface area (Å²) in [5, 5.41) is 3.13. The number of rotatable bonds is 4. The maximum atomic E-state index is 13.4. The zero-order valence-electron chi connectivity index (χ0n) is 18.7. The van der Waals surface area contributed by atoms with Crippen molar-refractivity contribution in [1.29, 1.82) is 0 Å². The average molecular weight is 437 g/mol. The predicted octanol–water partition coefficient (Wildman–Crippen LogP) is 2.72. The molecule has 1 aromatic carbocycles. The number of ether oxygens (including phenoxy) is 1. The first kappa shape index (κ1) is 22.3. The van der Waals surface area contributed by atoms with E-state index in [1.165, 1.54) is 0 Å². The molecule has 1 aliphatic carbocycles. The van der Waals surface area contributed by atoms with Gasteiger partial charge in [-0.05, 0) is 37.5 Å². The second-order valence-corrected chi connectivity index (χ2v) is 8.56. The van der Waals surface area contributed by atoms with Crippen molar-refractivity contribution < 1.29 is 14.3 Å². The molecule has 1 N–H and O–H groups in total. The van der Waals surface area contributed by atoms with Crippen LogP contribution in [0.1, 0.15) is 41.7 Å². The number of nitrogens with one attached hydrogen (secondary N) is 1. The van der Waals surface area contributed by atoms with Crippen LogP contribution in [0.4, 0.5) is 0 Å². The second-order valence-electron chi connectivity index (χ2n) is 8.56. The molecule has 2 amide bonds. The Labute approximate surface area is 189 Å². The molecule has 4 rings (SSSR count). The van der Waals surface area contributed by atoms with Crippen LogP contribution in [0.15, 0.2) is 48.5 Å². The van der Waals surface area contributed by atoms with Gasteiger partial charge >= 0.3 is 0 Å². The van der Waals surface area contributed by atoms with E-state index < -0.39 is 0 Å². The number of hydrogen-bond acceptors (Lipinski definition) is 5. The van der Waals surface area contributed by atoms with E-state index >= 15 is 0 Å². The minimum atomic E-state index is -0.130. The summed E-state index contributed by atoms with van der Waals surface area (Å²) >= 11 is 0. The Kier molecular flexibility index (Phi) is 7.37. The van der Waals surface area contributed by atoms with E-state index in [-0.39, 0.29) is 23.8 Å². The van der Waals surface area contributed by atoms with Crippen molar-refractivity contribution in [3.63, 3.8) is 0 Å². The lowest BCUT2D eigenvalue weighted by Crippen LogP contribution is -2.47. The van der Waals surface area contributed by atoms with Gasteiger partial charge in [0.1, 0.15) is 0 Å². The molecule has 1 aliphatic heterocycles. The molecule has 0 bridgehead atoms. The Hall–Kier alpha value is -2.93. The Balaban J connectivity index is 1.51. The van der Waals surface area contributed by atoms with Crippen LogP contribution >= 0.6 is 0 Å². The normalized spacial score (nSPS) is 22.5. The third-order valence-electron chi connectivity index (χ3n) is 6.47. The molecule has 2 aromatic rings. The van der Waals surface area contributed by atoms with Gasteiger partial charge in [-0.3, -0.25) is 14.5 Å². The van der Waals surface area contributed by atoms with Crippen LogP contribution in [0.3, 0.4) is 0 Å². The van der Waals surface area contributed by atoms with E-state index in [9.17, 15) is 9.59 Å². The molecule has 7 nitrogen and oxygen atoms in total. The highest BCUT2D eigenvalue weighted by atomic mass is 16.5. The average Bonchev–Trinajstić information content (AvgIpc) is 3.30. The van der Waals surface area contributed by atoms with Crippen molar-refractivity contribution in [2.75, 3.05) is 33.3 Å². The van der Waals surface area contributed by atoms with Gasteiger partial charge in [0, 0.05) is 50.4 Å². The third-order valence-corrected chi connectivity index (χ3v) is 6.47. The van der Waals surface area contributed by atoms with Crippen molar-refractivity contribution in [3.05, 3.63) is 59.8 Å². The number of methoxy groups -OCH3 is 1. The minimum absolute atomic E-state index is 0.0237. The van der Waals surface area contributed by atoms with E-state index in [0.29, 0.717) is 31.1 Å². The SMILES string of the molecule is COc1cccc(CN2CCCN(C(=O)c3ccccc3)C3CCCC3C(=O)NCC2)n1. The lowest BCUT2D eigenvalue weighted by molar-refractivity contribution is -0.126. The van der Waals surface area contributed by atoms with Crippen LogP contribution < -0.4 is 10.1 Å². The summed E-state index contributed by atoms with van der Waals surface area (Å²) in [5.41, 5.74) is 1.62. The van der Waals surface area contributed by atoms with Crippen molar-refractivity contribution in [2.45, 2.75) is 38.3 Å². The van der Waals surface area contributed by atoms with Crippen LogP contribution in [0, 0.1) is 5.92 Å². The summed E-state index contributed by atoms with van der Waals surface area (Å²) in [6.07, 6.45) is 3.55. The number of fused-ring (bicyclic) bond motifs is 1. The lowest BCUT2D eigenvalue weighted by atomic mass is 9.99. The molecule has 1 saturated heterocycles. The molecule has 170 valence electrons. The van der Waals surface area contributed by atoms with E-state index in [1.807, 2.05) is 53.4 Å². The van der Waals surface area contributed by atoms with Gasteiger partial charge in [0.25, 0.3) is 5.91 Å². The number of carbonyl (C=O) groups is 2. The number of carbonyl (C=O) groups excluding carboxylic acids is 2. The first-order chi connectivity index (χ1) is 15.7. The molecule has 2 atom stereocenters. The molecule has 1 saturated carbocycles. The van der Waals surface area contributed by atoms with E-state index in [2.05, 4.69) is 15.2 Å².